The molecule has 0 aliphatic rings. The standard InChI is InChI=1S/C13H17Cl2NO2/c1-3-7-16(8-9(2)13(17)18)12-10(14)5-4-6-11(12)15/h4-6,9H,3,7-8H2,1-2H3,(H,17,18). The molecule has 0 heterocycles. The molecule has 3 nitrogen and oxygen atoms in total. The molecule has 0 saturated carbocycles. The summed E-state index contributed by atoms with van der Waals surface area (Å²) in [4.78, 5) is 12.9. The number of carboxylic acid groups (broad SMARTS) is 1. The third-order valence-corrected chi connectivity index (χ3v) is 3.27. The molecule has 0 aliphatic carbocycles. The molecule has 0 aliphatic heterocycles. The number of carboxylic acids is 1. The number of rotatable bonds is 6. The van der Waals surface area contributed by atoms with Crippen LogP contribution in [0, 0.1) is 5.92 Å². The first-order chi connectivity index (χ1) is 8.47. The van der Waals surface area contributed by atoms with Crippen LogP contribution < -0.4 is 4.90 Å². The van der Waals surface area contributed by atoms with E-state index < -0.39 is 11.9 Å². The zero-order valence-corrected chi connectivity index (χ0v) is 12.0. The van der Waals surface area contributed by atoms with E-state index in [-0.39, 0.29) is 0 Å². The molecule has 5 heteroatoms. The van der Waals surface area contributed by atoms with Crippen molar-refractivity contribution in [1.29, 1.82) is 0 Å². The maximum atomic E-state index is 10.9. The summed E-state index contributed by atoms with van der Waals surface area (Å²) >= 11 is 12.3. The summed E-state index contributed by atoms with van der Waals surface area (Å²) in [6, 6.07) is 5.30. The van der Waals surface area contributed by atoms with Gasteiger partial charge in [-0.1, -0.05) is 43.1 Å². The number of carbonyl (C=O) groups is 1. The van der Waals surface area contributed by atoms with Crippen molar-refractivity contribution in [3.8, 4) is 0 Å². The molecular formula is C13H17Cl2NO2. The van der Waals surface area contributed by atoms with Crippen molar-refractivity contribution in [1.82, 2.24) is 0 Å². The lowest BCUT2D eigenvalue weighted by molar-refractivity contribution is -0.140. The summed E-state index contributed by atoms with van der Waals surface area (Å²) < 4.78 is 0. The van der Waals surface area contributed by atoms with Crippen LogP contribution in [0.1, 0.15) is 20.3 Å². The third-order valence-electron chi connectivity index (χ3n) is 2.66. The van der Waals surface area contributed by atoms with Crippen LogP contribution in [0.5, 0.6) is 0 Å². The molecule has 0 saturated heterocycles. The quantitative estimate of drug-likeness (QED) is 0.863. The van der Waals surface area contributed by atoms with Crippen molar-refractivity contribution in [2.45, 2.75) is 20.3 Å². The monoisotopic (exact) mass is 289 g/mol. The van der Waals surface area contributed by atoms with E-state index >= 15 is 0 Å². The Bertz CT molecular complexity index is 403. The van der Waals surface area contributed by atoms with Crippen molar-refractivity contribution in [3.63, 3.8) is 0 Å². The van der Waals surface area contributed by atoms with E-state index in [1.165, 1.54) is 0 Å². The number of anilines is 1. The summed E-state index contributed by atoms with van der Waals surface area (Å²) in [5, 5.41) is 10.1. The van der Waals surface area contributed by atoms with Gasteiger partial charge in [-0.05, 0) is 18.6 Å². The minimum atomic E-state index is -0.820. The molecule has 0 aromatic heterocycles. The normalized spacial score (nSPS) is 12.2. The molecule has 1 rings (SSSR count). The topological polar surface area (TPSA) is 40.5 Å². The van der Waals surface area contributed by atoms with Gasteiger partial charge in [-0.15, -0.1) is 0 Å². The third kappa shape index (κ3) is 3.79. The molecule has 1 aromatic rings. The Morgan fingerprint density at radius 3 is 2.39 bits per heavy atom. The van der Waals surface area contributed by atoms with Crippen LogP contribution in [0.2, 0.25) is 10.0 Å². The Kier molecular flexibility index (Phi) is 5.76. The second-order valence-corrected chi connectivity index (χ2v) is 5.07. The van der Waals surface area contributed by atoms with Gasteiger partial charge < -0.3 is 10.0 Å². The Hall–Kier alpha value is -0.930. The zero-order chi connectivity index (χ0) is 13.7. The molecular weight excluding hydrogens is 273 g/mol. The van der Waals surface area contributed by atoms with Gasteiger partial charge in [0.15, 0.2) is 0 Å². The van der Waals surface area contributed by atoms with Gasteiger partial charge in [0.05, 0.1) is 21.7 Å². The fourth-order valence-electron chi connectivity index (χ4n) is 1.76. The number of nitrogens with zero attached hydrogens (tertiary/aromatic N) is 1. The smallest absolute Gasteiger partial charge is 0.308 e. The highest BCUT2D eigenvalue weighted by atomic mass is 35.5. The highest BCUT2D eigenvalue weighted by molar-refractivity contribution is 6.39. The van der Waals surface area contributed by atoms with Crippen molar-refractivity contribution in [2.75, 3.05) is 18.0 Å². The van der Waals surface area contributed by atoms with Gasteiger partial charge in [-0.3, -0.25) is 4.79 Å². The van der Waals surface area contributed by atoms with Gasteiger partial charge in [0.25, 0.3) is 0 Å². The first-order valence-corrected chi connectivity index (χ1v) is 6.64. The molecule has 100 valence electrons. The molecule has 0 bridgehead atoms. The van der Waals surface area contributed by atoms with Crippen molar-refractivity contribution in [2.24, 2.45) is 5.92 Å². The average Bonchev–Trinajstić information content (AvgIpc) is 2.28. The van der Waals surface area contributed by atoms with E-state index in [0.29, 0.717) is 16.6 Å². The highest BCUT2D eigenvalue weighted by Gasteiger charge is 2.19. The number of aliphatic carboxylic acids is 1. The zero-order valence-electron chi connectivity index (χ0n) is 10.5. The summed E-state index contributed by atoms with van der Waals surface area (Å²) in [5.74, 6) is -1.29. The number of para-hydroxylation sites is 1. The van der Waals surface area contributed by atoms with Crippen LogP contribution in [-0.2, 0) is 4.79 Å². The van der Waals surface area contributed by atoms with Gasteiger partial charge in [0, 0.05) is 13.1 Å². The van der Waals surface area contributed by atoms with Crippen LogP contribution in [0.15, 0.2) is 18.2 Å². The maximum Gasteiger partial charge on any atom is 0.308 e. The van der Waals surface area contributed by atoms with Gasteiger partial charge in [-0.2, -0.15) is 0 Å². The number of hydrogen-bond acceptors (Lipinski definition) is 2. The Labute approximate surface area is 117 Å². The predicted octanol–water partition coefficient (Wildman–Crippen LogP) is 3.93. The molecule has 1 N–H and O–H groups in total. The summed E-state index contributed by atoms with van der Waals surface area (Å²) in [5.41, 5.74) is 0.718. The second-order valence-electron chi connectivity index (χ2n) is 4.26. The predicted molar refractivity (Wildman–Crippen MR) is 75.8 cm³/mol. The van der Waals surface area contributed by atoms with Crippen LogP contribution in [-0.4, -0.2) is 24.2 Å². The summed E-state index contributed by atoms with van der Waals surface area (Å²) in [6.07, 6.45) is 0.897. The van der Waals surface area contributed by atoms with Crippen molar-refractivity contribution >= 4 is 34.9 Å². The molecule has 18 heavy (non-hydrogen) atoms. The van der Waals surface area contributed by atoms with Crippen LogP contribution >= 0.6 is 23.2 Å². The van der Waals surface area contributed by atoms with Crippen molar-refractivity contribution in [3.05, 3.63) is 28.2 Å². The molecule has 0 fully saturated rings. The highest BCUT2D eigenvalue weighted by Crippen LogP contribution is 2.34. The van der Waals surface area contributed by atoms with E-state index in [2.05, 4.69) is 0 Å². The fourth-order valence-corrected chi connectivity index (χ4v) is 2.40. The average molecular weight is 290 g/mol. The van der Waals surface area contributed by atoms with Crippen LogP contribution in [0.3, 0.4) is 0 Å². The van der Waals surface area contributed by atoms with E-state index in [4.69, 9.17) is 28.3 Å². The fraction of sp³-hybridized carbons (Fsp3) is 0.462. The Morgan fingerprint density at radius 1 is 1.39 bits per heavy atom. The molecule has 1 atom stereocenters. The number of halogens is 2. The SMILES string of the molecule is CCCN(CC(C)C(=O)O)c1c(Cl)cccc1Cl. The molecule has 1 unspecified atom stereocenters. The largest absolute Gasteiger partial charge is 0.481 e. The van der Waals surface area contributed by atoms with E-state index in [1.54, 1.807) is 25.1 Å². The minimum Gasteiger partial charge on any atom is -0.481 e. The minimum absolute atomic E-state index is 0.395. The van der Waals surface area contributed by atoms with E-state index in [1.807, 2.05) is 11.8 Å². The molecule has 0 spiro atoms. The maximum absolute atomic E-state index is 10.9. The lowest BCUT2D eigenvalue weighted by atomic mass is 10.1. The number of benzene rings is 1. The lowest BCUT2D eigenvalue weighted by Gasteiger charge is -2.28. The van der Waals surface area contributed by atoms with Crippen LogP contribution in [0.25, 0.3) is 0 Å². The summed E-state index contributed by atoms with van der Waals surface area (Å²) in [6.45, 7) is 4.83. The first kappa shape index (κ1) is 15.1. The first-order valence-electron chi connectivity index (χ1n) is 5.89. The number of hydrogen-bond donors (Lipinski definition) is 1. The van der Waals surface area contributed by atoms with Gasteiger partial charge >= 0.3 is 5.97 Å². The summed E-state index contributed by atoms with van der Waals surface area (Å²) in [7, 11) is 0. The van der Waals surface area contributed by atoms with E-state index in [9.17, 15) is 4.79 Å². The van der Waals surface area contributed by atoms with Crippen molar-refractivity contribution < 1.29 is 9.90 Å². The van der Waals surface area contributed by atoms with E-state index in [0.717, 1.165) is 18.7 Å². The van der Waals surface area contributed by atoms with Gasteiger partial charge in [-0.25, -0.2) is 0 Å². The lowest BCUT2D eigenvalue weighted by Crippen LogP contribution is -2.32. The second kappa shape index (κ2) is 6.86. The molecule has 0 radical (unpaired) electrons. The van der Waals surface area contributed by atoms with Crippen LogP contribution in [0.4, 0.5) is 5.69 Å². The Morgan fingerprint density at radius 2 is 1.94 bits per heavy atom. The Balaban J connectivity index is 3.00. The van der Waals surface area contributed by atoms with Gasteiger partial charge in [0.1, 0.15) is 0 Å². The van der Waals surface area contributed by atoms with Gasteiger partial charge in [0.2, 0.25) is 0 Å². The molecule has 0 amide bonds. The molecule has 1 aromatic carbocycles.